The van der Waals surface area contributed by atoms with Crippen LogP contribution in [0.25, 0.3) is 0 Å². The number of aliphatic imine (C=N–C) groups is 1. The van der Waals surface area contributed by atoms with E-state index in [4.69, 9.17) is 9.73 Å². The van der Waals surface area contributed by atoms with Gasteiger partial charge >= 0.3 is 0 Å². The van der Waals surface area contributed by atoms with Gasteiger partial charge in [-0.15, -0.1) is 24.0 Å². The topological polar surface area (TPSA) is 52.1 Å². The molecule has 0 aromatic heterocycles. The van der Waals surface area contributed by atoms with Crippen molar-refractivity contribution < 1.29 is 4.74 Å². The van der Waals surface area contributed by atoms with Crippen LogP contribution in [0.15, 0.2) is 4.99 Å². The standard InChI is InChI=1S/C19H41N5O.HI/c1-8-20-18(22-15-17(25-7)19(4,5)6)21-14-16(3)24-12-10-23(9-2)11-13-24;/h16-17H,8-15H2,1-7H3,(H2,20,21,22);1H. The highest BCUT2D eigenvalue weighted by Crippen LogP contribution is 2.20. The van der Waals surface area contributed by atoms with E-state index in [0.29, 0.717) is 6.04 Å². The fourth-order valence-electron chi connectivity index (χ4n) is 3.13. The van der Waals surface area contributed by atoms with Crippen molar-refractivity contribution >= 4 is 29.9 Å². The molecular formula is C19H42IN5O. The second-order valence-electron chi connectivity index (χ2n) is 8.01. The van der Waals surface area contributed by atoms with Crippen molar-refractivity contribution in [1.29, 1.82) is 0 Å². The van der Waals surface area contributed by atoms with Gasteiger partial charge in [0, 0.05) is 52.4 Å². The third-order valence-corrected chi connectivity index (χ3v) is 5.04. The van der Waals surface area contributed by atoms with Gasteiger partial charge < -0.3 is 20.3 Å². The Morgan fingerprint density at radius 2 is 1.73 bits per heavy atom. The Hall–Kier alpha value is -0.120. The summed E-state index contributed by atoms with van der Waals surface area (Å²) in [4.78, 5) is 9.86. The molecule has 1 aliphatic heterocycles. The van der Waals surface area contributed by atoms with Crippen LogP contribution in [-0.4, -0.2) is 87.4 Å². The molecule has 2 atom stereocenters. The summed E-state index contributed by atoms with van der Waals surface area (Å²) >= 11 is 0. The lowest BCUT2D eigenvalue weighted by Gasteiger charge is -2.37. The molecule has 0 aromatic carbocycles. The Labute approximate surface area is 178 Å². The number of nitrogens with one attached hydrogen (secondary N) is 2. The number of hydrogen-bond acceptors (Lipinski definition) is 4. The molecule has 1 aliphatic rings. The van der Waals surface area contributed by atoms with Crippen LogP contribution in [0.4, 0.5) is 0 Å². The van der Waals surface area contributed by atoms with Gasteiger partial charge in [0.05, 0.1) is 12.6 Å². The number of rotatable bonds is 8. The minimum atomic E-state index is 0. The Bertz CT molecular complexity index is 392. The molecule has 0 amide bonds. The number of likely N-dealkylation sites (N-methyl/N-ethyl adjacent to an activating group) is 1. The summed E-state index contributed by atoms with van der Waals surface area (Å²) in [5, 5.41) is 6.78. The number of piperazine rings is 1. The Kier molecular flexibility index (Phi) is 13.1. The molecule has 0 aromatic rings. The summed E-state index contributed by atoms with van der Waals surface area (Å²) in [5.41, 5.74) is 0.102. The van der Waals surface area contributed by atoms with Gasteiger partial charge in [0.25, 0.3) is 0 Å². The zero-order valence-corrected chi connectivity index (χ0v) is 20.3. The van der Waals surface area contributed by atoms with Gasteiger partial charge in [-0.2, -0.15) is 0 Å². The zero-order valence-electron chi connectivity index (χ0n) is 18.0. The van der Waals surface area contributed by atoms with Gasteiger partial charge in [0.15, 0.2) is 5.96 Å². The van der Waals surface area contributed by atoms with Gasteiger partial charge in [0.2, 0.25) is 0 Å². The average molecular weight is 483 g/mol. The lowest BCUT2D eigenvalue weighted by molar-refractivity contribution is 0.0205. The summed E-state index contributed by atoms with van der Waals surface area (Å²) in [6.07, 6.45) is 0.149. The van der Waals surface area contributed by atoms with E-state index in [1.54, 1.807) is 7.11 Å². The molecule has 0 saturated carbocycles. The molecule has 1 heterocycles. The maximum absolute atomic E-state index is 5.63. The van der Waals surface area contributed by atoms with Crippen LogP contribution < -0.4 is 10.6 Å². The molecule has 2 unspecified atom stereocenters. The lowest BCUT2D eigenvalue weighted by Crippen LogP contribution is -2.50. The van der Waals surface area contributed by atoms with E-state index in [1.807, 2.05) is 0 Å². The quantitative estimate of drug-likeness (QED) is 0.315. The van der Waals surface area contributed by atoms with E-state index in [0.717, 1.165) is 45.2 Å². The number of methoxy groups -OCH3 is 1. The van der Waals surface area contributed by atoms with Crippen molar-refractivity contribution in [3.05, 3.63) is 0 Å². The predicted molar refractivity (Wildman–Crippen MR) is 123 cm³/mol. The number of halogens is 1. The van der Waals surface area contributed by atoms with Gasteiger partial charge in [-0.05, 0) is 25.8 Å². The maximum Gasteiger partial charge on any atom is 0.191 e. The molecule has 0 spiro atoms. The molecule has 7 heteroatoms. The summed E-state index contributed by atoms with van der Waals surface area (Å²) in [5.74, 6) is 0.882. The fraction of sp³-hybridized carbons (Fsp3) is 0.947. The maximum atomic E-state index is 5.63. The van der Waals surface area contributed by atoms with E-state index in [-0.39, 0.29) is 35.5 Å². The summed E-state index contributed by atoms with van der Waals surface area (Å²) in [6.45, 7) is 21.4. The van der Waals surface area contributed by atoms with Crippen LogP contribution in [0.1, 0.15) is 41.5 Å². The van der Waals surface area contributed by atoms with Crippen molar-refractivity contribution in [2.24, 2.45) is 10.4 Å². The second-order valence-corrected chi connectivity index (χ2v) is 8.01. The monoisotopic (exact) mass is 483 g/mol. The number of ether oxygens (including phenoxy) is 1. The molecule has 26 heavy (non-hydrogen) atoms. The summed E-state index contributed by atoms with van der Waals surface area (Å²) in [7, 11) is 1.78. The Balaban J connectivity index is 0.00000625. The third-order valence-electron chi connectivity index (χ3n) is 5.04. The molecule has 0 aliphatic carbocycles. The van der Waals surface area contributed by atoms with Crippen LogP contribution in [0.5, 0.6) is 0 Å². The van der Waals surface area contributed by atoms with Crippen LogP contribution in [0.3, 0.4) is 0 Å². The fourth-order valence-corrected chi connectivity index (χ4v) is 3.13. The number of guanidine groups is 1. The van der Waals surface area contributed by atoms with E-state index in [9.17, 15) is 0 Å². The molecule has 1 saturated heterocycles. The first-order chi connectivity index (χ1) is 11.8. The van der Waals surface area contributed by atoms with Crippen LogP contribution >= 0.6 is 24.0 Å². The molecule has 1 fully saturated rings. The number of hydrogen-bond donors (Lipinski definition) is 2. The minimum absolute atomic E-state index is 0. The molecule has 2 N–H and O–H groups in total. The van der Waals surface area contributed by atoms with Gasteiger partial charge in [-0.1, -0.05) is 27.7 Å². The molecule has 0 bridgehead atoms. The Morgan fingerprint density at radius 3 is 2.19 bits per heavy atom. The van der Waals surface area contributed by atoms with Crippen molar-refractivity contribution in [3.8, 4) is 0 Å². The summed E-state index contributed by atoms with van der Waals surface area (Å²) in [6, 6.07) is 0.468. The van der Waals surface area contributed by atoms with E-state index in [1.165, 1.54) is 13.1 Å². The highest BCUT2D eigenvalue weighted by atomic mass is 127. The smallest absolute Gasteiger partial charge is 0.191 e. The average Bonchev–Trinajstić information content (AvgIpc) is 2.58. The van der Waals surface area contributed by atoms with Crippen molar-refractivity contribution in [2.45, 2.75) is 53.7 Å². The third kappa shape index (κ3) is 9.19. The van der Waals surface area contributed by atoms with Crippen molar-refractivity contribution in [3.63, 3.8) is 0 Å². The largest absolute Gasteiger partial charge is 0.379 e. The van der Waals surface area contributed by atoms with Gasteiger partial charge in [-0.3, -0.25) is 9.89 Å². The van der Waals surface area contributed by atoms with Crippen molar-refractivity contribution in [1.82, 2.24) is 20.4 Å². The highest BCUT2D eigenvalue weighted by Gasteiger charge is 2.24. The van der Waals surface area contributed by atoms with Gasteiger partial charge in [-0.25, -0.2) is 0 Å². The molecule has 1 rings (SSSR count). The molecule has 156 valence electrons. The van der Waals surface area contributed by atoms with Crippen LogP contribution in [0.2, 0.25) is 0 Å². The lowest BCUT2D eigenvalue weighted by atomic mass is 9.89. The second kappa shape index (κ2) is 13.1. The van der Waals surface area contributed by atoms with E-state index in [2.05, 4.69) is 62.0 Å². The number of nitrogens with zero attached hydrogens (tertiary/aromatic N) is 3. The SMILES string of the molecule is CCNC(=NCC(C)N1CCN(CC)CC1)NCC(OC)C(C)(C)C.I. The normalized spacial score (nSPS) is 19.6. The first-order valence-electron chi connectivity index (χ1n) is 9.83. The summed E-state index contributed by atoms with van der Waals surface area (Å²) < 4.78 is 5.63. The Morgan fingerprint density at radius 1 is 1.12 bits per heavy atom. The molecule has 6 nitrogen and oxygen atoms in total. The van der Waals surface area contributed by atoms with Gasteiger partial charge in [0.1, 0.15) is 0 Å². The van der Waals surface area contributed by atoms with Crippen LogP contribution in [0, 0.1) is 5.41 Å². The first kappa shape index (κ1) is 25.9. The first-order valence-corrected chi connectivity index (χ1v) is 9.83. The molecular weight excluding hydrogens is 441 g/mol. The predicted octanol–water partition coefficient (Wildman–Crippen LogP) is 2.25. The van der Waals surface area contributed by atoms with E-state index >= 15 is 0 Å². The highest BCUT2D eigenvalue weighted by molar-refractivity contribution is 14.0. The molecule has 0 radical (unpaired) electrons. The van der Waals surface area contributed by atoms with E-state index < -0.39 is 0 Å². The minimum Gasteiger partial charge on any atom is -0.379 e. The van der Waals surface area contributed by atoms with Crippen LogP contribution in [-0.2, 0) is 4.74 Å². The zero-order chi connectivity index (χ0) is 18.9. The van der Waals surface area contributed by atoms with Crippen molar-refractivity contribution in [2.75, 3.05) is 59.5 Å².